The van der Waals surface area contributed by atoms with Crippen molar-refractivity contribution in [2.24, 2.45) is 5.92 Å². The van der Waals surface area contributed by atoms with Gasteiger partial charge in [-0.1, -0.05) is 23.2 Å². The van der Waals surface area contributed by atoms with Crippen LogP contribution in [0.2, 0.25) is 10.0 Å². The van der Waals surface area contributed by atoms with Crippen LogP contribution in [-0.2, 0) is 9.59 Å². The van der Waals surface area contributed by atoms with Crippen LogP contribution in [-0.4, -0.2) is 22.7 Å². The van der Waals surface area contributed by atoms with Gasteiger partial charge >= 0.3 is 0 Å². The minimum Gasteiger partial charge on any atom is -0.436 e. The molecule has 132 valence electrons. The highest BCUT2D eigenvalue weighted by atomic mass is 35.5. The van der Waals surface area contributed by atoms with E-state index < -0.39 is 11.2 Å². The minimum atomic E-state index is -0.508. The van der Waals surface area contributed by atoms with Crippen molar-refractivity contribution in [3.05, 3.63) is 46.4 Å². The molecule has 1 saturated heterocycles. The normalized spacial score (nSPS) is 17.3. The maximum absolute atomic E-state index is 12.2. The lowest BCUT2D eigenvalue weighted by Gasteiger charge is -2.17. The average Bonchev–Trinajstić information content (AvgIpc) is 3.18. The Morgan fingerprint density at radius 3 is 2.73 bits per heavy atom. The van der Waals surface area contributed by atoms with Crippen LogP contribution < -0.4 is 4.90 Å². The number of carbonyl (C=O) groups excluding carboxylic acids is 2. The van der Waals surface area contributed by atoms with E-state index in [9.17, 15) is 9.59 Å². The molecule has 5 nitrogen and oxygen atoms in total. The molecule has 1 aromatic heterocycles. The van der Waals surface area contributed by atoms with Crippen molar-refractivity contribution in [2.75, 3.05) is 11.4 Å². The fourth-order valence-electron chi connectivity index (χ4n) is 2.97. The van der Waals surface area contributed by atoms with E-state index >= 15 is 0 Å². The summed E-state index contributed by atoms with van der Waals surface area (Å²) >= 11 is 17.8. The molecule has 1 fully saturated rings. The molecule has 0 bridgehead atoms. The molecule has 8 heteroatoms. The first-order valence-electron chi connectivity index (χ1n) is 7.78. The van der Waals surface area contributed by atoms with Crippen molar-refractivity contribution in [3.8, 4) is 11.5 Å². The van der Waals surface area contributed by atoms with Gasteiger partial charge in [0.1, 0.15) is 5.52 Å². The van der Waals surface area contributed by atoms with Gasteiger partial charge in [-0.05, 0) is 48.0 Å². The van der Waals surface area contributed by atoms with Gasteiger partial charge in [-0.25, -0.2) is 4.98 Å². The molecular formula is C18H11Cl3N2O3. The first-order chi connectivity index (χ1) is 12.4. The van der Waals surface area contributed by atoms with Gasteiger partial charge in [0.15, 0.2) is 5.58 Å². The number of oxazole rings is 1. The molecule has 0 radical (unpaired) electrons. The van der Waals surface area contributed by atoms with Crippen LogP contribution in [0.1, 0.15) is 6.42 Å². The van der Waals surface area contributed by atoms with Gasteiger partial charge in [0.2, 0.25) is 17.0 Å². The van der Waals surface area contributed by atoms with Crippen molar-refractivity contribution in [3.63, 3.8) is 0 Å². The molecule has 1 atom stereocenters. The van der Waals surface area contributed by atoms with Crippen LogP contribution in [0, 0.1) is 5.92 Å². The first kappa shape index (κ1) is 17.3. The van der Waals surface area contributed by atoms with Gasteiger partial charge in [0.25, 0.3) is 0 Å². The number of fused-ring (bicyclic) bond motifs is 1. The molecule has 0 N–H and O–H groups in total. The van der Waals surface area contributed by atoms with Crippen molar-refractivity contribution < 1.29 is 14.0 Å². The lowest BCUT2D eigenvalue weighted by molar-refractivity contribution is -0.120. The minimum absolute atomic E-state index is 0.0989. The molecule has 2 aromatic carbocycles. The number of hydrogen-bond acceptors (Lipinski definition) is 4. The zero-order valence-electron chi connectivity index (χ0n) is 13.2. The number of amides is 1. The summed E-state index contributed by atoms with van der Waals surface area (Å²) in [6.07, 6.45) is 0.0989. The summed E-state index contributed by atoms with van der Waals surface area (Å²) in [5.74, 6) is -0.345. The molecule has 1 aliphatic heterocycles. The predicted octanol–water partition coefficient (Wildman–Crippen LogP) is 4.92. The summed E-state index contributed by atoms with van der Waals surface area (Å²) in [4.78, 5) is 29.5. The molecule has 1 amide bonds. The highest BCUT2D eigenvalue weighted by molar-refractivity contribution is 6.64. The van der Waals surface area contributed by atoms with Crippen molar-refractivity contribution in [1.82, 2.24) is 4.98 Å². The van der Waals surface area contributed by atoms with E-state index in [-0.39, 0.29) is 18.9 Å². The lowest BCUT2D eigenvalue weighted by atomic mass is 10.1. The van der Waals surface area contributed by atoms with E-state index in [1.165, 1.54) is 4.90 Å². The van der Waals surface area contributed by atoms with Crippen molar-refractivity contribution in [1.29, 1.82) is 0 Å². The molecule has 0 spiro atoms. The van der Waals surface area contributed by atoms with Crippen LogP contribution in [0.25, 0.3) is 22.6 Å². The van der Waals surface area contributed by atoms with Gasteiger partial charge in [0, 0.05) is 23.7 Å². The molecule has 1 aliphatic rings. The Labute approximate surface area is 163 Å². The molecule has 4 rings (SSSR count). The Bertz CT molecular complexity index is 1050. The van der Waals surface area contributed by atoms with Crippen LogP contribution in [0.15, 0.2) is 40.8 Å². The van der Waals surface area contributed by atoms with E-state index in [0.717, 1.165) is 0 Å². The van der Waals surface area contributed by atoms with E-state index in [1.807, 2.05) is 0 Å². The molecule has 26 heavy (non-hydrogen) atoms. The third kappa shape index (κ3) is 3.07. The van der Waals surface area contributed by atoms with Crippen LogP contribution >= 0.6 is 34.8 Å². The molecule has 3 aromatic rings. The third-order valence-electron chi connectivity index (χ3n) is 4.29. The molecular weight excluding hydrogens is 399 g/mol. The number of nitrogens with zero attached hydrogens (tertiary/aromatic N) is 2. The number of hydrogen-bond donors (Lipinski definition) is 0. The summed E-state index contributed by atoms with van der Waals surface area (Å²) in [5.41, 5.74) is 2.34. The topological polar surface area (TPSA) is 63.4 Å². The van der Waals surface area contributed by atoms with Crippen LogP contribution in [0.3, 0.4) is 0 Å². The maximum atomic E-state index is 12.2. The molecule has 0 aliphatic carbocycles. The molecule has 0 saturated carbocycles. The summed E-state index contributed by atoms with van der Waals surface area (Å²) in [6.45, 7) is 0.241. The van der Waals surface area contributed by atoms with Gasteiger partial charge in [-0.2, -0.15) is 0 Å². The quantitative estimate of drug-likeness (QED) is 0.576. The van der Waals surface area contributed by atoms with E-state index in [2.05, 4.69) is 4.98 Å². The third-order valence-corrected chi connectivity index (χ3v) is 5.16. The van der Waals surface area contributed by atoms with Gasteiger partial charge in [-0.3, -0.25) is 9.59 Å². The second-order valence-corrected chi connectivity index (χ2v) is 7.22. The van der Waals surface area contributed by atoms with E-state index in [4.69, 9.17) is 39.2 Å². The zero-order valence-corrected chi connectivity index (χ0v) is 15.5. The number of halogens is 3. The summed E-state index contributed by atoms with van der Waals surface area (Å²) < 4.78 is 5.76. The van der Waals surface area contributed by atoms with Gasteiger partial charge in [0.05, 0.1) is 16.5 Å². The van der Waals surface area contributed by atoms with Crippen molar-refractivity contribution >= 4 is 62.7 Å². The molecule has 2 heterocycles. The van der Waals surface area contributed by atoms with Gasteiger partial charge in [-0.15, -0.1) is 0 Å². The maximum Gasteiger partial charge on any atom is 0.228 e. The fourth-order valence-corrected chi connectivity index (χ4v) is 3.48. The van der Waals surface area contributed by atoms with E-state index in [0.29, 0.717) is 38.3 Å². The average molecular weight is 410 g/mol. The smallest absolute Gasteiger partial charge is 0.228 e. The monoisotopic (exact) mass is 408 g/mol. The Kier molecular flexibility index (Phi) is 4.39. The Balaban J connectivity index is 1.74. The number of carbonyl (C=O) groups is 2. The second-order valence-electron chi connectivity index (χ2n) is 6.00. The highest BCUT2D eigenvalue weighted by Crippen LogP contribution is 2.35. The Hall–Kier alpha value is -2.08. The summed E-state index contributed by atoms with van der Waals surface area (Å²) in [7, 11) is 0. The number of anilines is 1. The van der Waals surface area contributed by atoms with Crippen molar-refractivity contribution in [2.45, 2.75) is 6.42 Å². The fraction of sp³-hybridized carbons (Fsp3) is 0.167. The Morgan fingerprint density at radius 2 is 2.00 bits per heavy atom. The Morgan fingerprint density at radius 1 is 1.19 bits per heavy atom. The number of aromatic nitrogens is 1. The highest BCUT2D eigenvalue weighted by Gasteiger charge is 2.34. The number of benzene rings is 2. The summed E-state index contributed by atoms with van der Waals surface area (Å²) in [6, 6.07) is 10.2. The summed E-state index contributed by atoms with van der Waals surface area (Å²) in [5, 5.41) is 0.477. The SMILES string of the molecule is O=C(Cl)[C@H]1CC(=O)N(c2ccc(Cl)c(-c3nc4cc(Cl)ccc4o3)c2)C1. The lowest BCUT2D eigenvalue weighted by Crippen LogP contribution is -2.25. The second kappa shape index (κ2) is 6.58. The molecule has 0 unspecified atom stereocenters. The van der Waals surface area contributed by atoms with E-state index in [1.54, 1.807) is 36.4 Å². The largest absolute Gasteiger partial charge is 0.436 e. The standard InChI is InChI=1S/C18H11Cl3N2O3/c19-10-1-4-15-14(6-10)22-18(26-15)12-7-11(2-3-13(12)20)23-8-9(17(21)25)5-16(23)24/h1-4,6-7,9H,5,8H2/t9-/m0/s1. The predicted molar refractivity (Wildman–Crippen MR) is 101 cm³/mol. The van der Waals surface area contributed by atoms with Crippen LogP contribution in [0.4, 0.5) is 5.69 Å². The zero-order chi connectivity index (χ0) is 18.4. The van der Waals surface area contributed by atoms with Crippen LogP contribution in [0.5, 0.6) is 0 Å². The van der Waals surface area contributed by atoms with Gasteiger partial charge < -0.3 is 9.32 Å². The first-order valence-corrected chi connectivity index (χ1v) is 8.91. The number of rotatable bonds is 3.